The van der Waals surface area contributed by atoms with Crippen molar-refractivity contribution in [3.05, 3.63) is 0 Å². The van der Waals surface area contributed by atoms with Crippen molar-refractivity contribution >= 4 is 10.0 Å². The van der Waals surface area contributed by atoms with Gasteiger partial charge in [0.25, 0.3) is 0 Å². The SMILES string of the molecule is CCOC(CNS(=O)(=O)C(C)C)OCC. The summed E-state index contributed by atoms with van der Waals surface area (Å²) >= 11 is 0. The van der Waals surface area contributed by atoms with Crippen LogP contribution in [0, 0.1) is 0 Å². The normalized spacial score (nSPS) is 12.7. The van der Waals surface area contributed by atoms with Crippen molar-refractivity contribution < 1.29 is 17.9 Å². The van der Waals surface area contributed by atoms with E-state index in [4.69, 9.17) is 9.47 Å². The lowest BCUT2D eigenvalue weighted by molar-refractivity contribution is -0.130. The molecule has 0 aliphatic carbocycles. The van der Waals surface area contributed by atoms with Crippen LogP contribution in [-0.2, 0) is 19.5 Å². The molecule has 0 heterocycles. The summed E-state index contributed by atoms with van der Waals surface area (Å²) in [5.74, 6) is 0. The molecule has 0 aromatic rings. The fourth-order valence-electron chi connectivity index (χ4n) is 0.889. The van der Waals surface area contributed by atoms with Gasteiger partial charge in [-0.2, -0.15) is 0 Å². The fraction of sp³-hybridized carbons (Fsp3) is 1.00. The summed E-state index contributed by atoms with van der Waals surface area (Å²) in [4.78, 5) is 0. The molecule has 0 aliphatic rings. The lowest BCUT2D eigenvalue weighted by Crippen LogP contribution is -2.38. The molecule has 0 aliphatic heterocycles. The van der Waals surface area contributed by atoms with Crippen LogP contribution in [0.25, 0.3) is 0 Å². The molecule has 0 radical (unpaired) electrons. The number of nitrogens with one attached hydrogen (secondary N) is 1. The summed E-state index contributed by atoms with van der Waals surface area (Å²) in [5.41, 5.74) is 0. The third-order valence-electron chi connectivity index (χ3n) is 1.78. The van der Waals surface area contributed by atoms with Gasteiger partial charge in [-0.05, 0) is 27.7 Å². The molecule has 0 fully saturated rings. The molecular weight excluding hydrogens is 218 g/mol. The van der Waals surface area contributed by atoms with Gasteiger partial charge in [-0.1, -0.05) is 0 Å². The largest absolute Gasteiger partial charge is 0.352 e. The highest BCUT2D eigenvalue weighted by molar-refractivity contribution is 7.90. The summed E-state index contributed by atoms with van der Waals surface area (Å²) < 4.78 is 35.7. The van der Waals surface area contributed by atoms with Gasteiger partial charge in [-0.25, -0.2) is 13.1 Å². The second-order valence-electron chi connectivity index (χ2n) is 3.28. The predicted molar refractivity (Wildman–Crippen MR) is 59.1 cm³/mol. The first kappa shape index (κ1) is 14.8. The Kier molecular flexibility index (Phi) is 7.08. The molecule has 0 unspecified atom stereocenters. The van der Waals surface area contributed by atoms with Crippen LogP contribution in [0.5, 0.6) is 0 Å². The Bertz CT molecular complexity index is 245. The second-order valence-corrected chi connectivity index (χ2v) is 5.60. The Hall–Kier alpha value is -0.170. The van der Waals surface area contributed by atoms with Gasteiger partial charge >= 0.3 is 0 Å². The smallest absolute Gasteiger partial charge is 0.214 e. The summed E-state index contributed by atoms with van der Waals surface area (Å²) in [6, 6.07) is 0. The number of ether oxygens (including phenoxy) is 2. The molecule has 0 rings (SSSR count). The van der Waals surface area contributed by atoms with Crippen LogP contribution in [0.3, 0.4) is 0 Å². The maximum Gasteiger partial charge on any atom is 0.214 e. The Morgan fingerprint density at radius 2 is 1.60 bits per heavy atom. The first-order valence-electron chi connectivity index (χ1n) is 5.15. The number of hydrogen-bond donors (Lipinski definition) is 1. The van der Waals surface area contributed by atoms with E-state index < -0.39 is 21.6 Å². The van der Waals surface area contributed by atoms with Crippen molar-refractivity contribution in [2.75, 3.05) is 19.8 Å². The van der Waals surface area contributed by atoms with Gasteiger partial charge < -0.3 is 9.47 Å². The van der Waals surface area contributed by atoms with Crippen LogP contribution >= 0.6 is 0 Å². The van der Waals surface area contributed by atoms with Gasteiger partial charge in [-0.3, -0.25) is 0 Å². The van der Waals surface area contributed by atoms with E-state index in [0.717, 1.165) is 0 Å². The van der Waals surface area contributed by atoms with Crippen LogP contribution in [0.2, 0.25) is 0 Å². The Morgan fingerprint density at radius 1 is 1.13 bits per heavy atom. The van der Waals surface area contributed by atoms with E-state index in [0.29, 0.717) is 13.2 Å². The van der Waals surface area contributed by atoms with E-state index in [-0.39, 0.29) is 6.54 Å². The van der Waals surface area contributed by atoms with Crippen molar-refractivity contribution in [2.45, 2.75) is 39.2 Å². The average molecular weight is 239 g/mol. The molecule has 0 aromatic heterocycles. The zero-order valence-corrected chi connectivity index (χ0v) is 10.6. The van der Waals surface area contributed by atoms with Gasteiger partial charge in [0.1, 0.15) is 0 Å². The van der Waals surface area contributed by atoms with E-state index in [2.05, 4.69) is 4.72 Å². The van der Waals surface area contributed by atoms with Crippen LogP contribution in [0.1, 0.15) is 27.7 Å². The standard InChI is InChI=1S/C9H21NO4S/c1-5-13-9(14-6-2)7-10-15(11,12)8(3)4/h8-10H,5-7H2,1-4H3. The van der Waals surface area contributed by atoms with Gasteiger partial charge in [0.2, 0.25) is 10.0 Å². The number of rotatable bonds is 8. The van der Waals surface area contributed by atoms with E-state index in [9.17, 15) is 8.42 Å². The maximum absolute atomic E-state index is 11.4. The summed E-state index contributed by atoms with van der Waals surface area (Å²) in [5, 5.41) is -0.443. The van der Waals surface area contributed by atoms with Gasteiger partial charge in [0.15, 0.2) is 6.29 Å². The molecule has 0 amide bonds. The minimum Gasteiger partial charge on any atom is -0.352 e. The van der Waals surface area contributed by atoms with Crippen LogP contribution < -0.4 is 4.72 Å². The lowest BCUT2D eigenvalue weighted by Gasteiger charge is -2.18. The molecule has 5 nitrogen and oxygen atoms in total. The highest BCUT2D eigenvalue weighted by Crippen LogP contribution is 1.99. The monoisotopic (exact) mass is 239 g/mol. The third kappa shape index (κ3) is 6.09. The maximum atomic E-state index is 11.4. The minimum absolute atomic E-state index is 0.155. The van der Waals surface area contributed by atoms with Gasteiger partial charge in [0, 0.05) is 13.2 Å². The molecule has 0 saturated heterocycles. The summed E-state index contributed by atoms with van der Waals surface area (Å²) in [7, 11) is -3.24. The van der Waals surface area contributed by atoms with Crippen molar-refractivity contribution in [1.82, 2.24) is 4.72 Å². The fourth-order valence-corrected chi connectivity index (χ4v) is 1.59. The van der Waals surface area contributed by atoms with E-state index in [1.54, 1.807) is 13.8 Å². The van der Waals surface area contributed by atoms with Crippen LogP contribution in [-0.4, -0.2) is 39.7 Å². The summed E-state index contributed by atoms with van der Waals surface area (Å²) in [6.45, 7) is 8.06. The van der Waals surface area contributed by atoms with Crippen LogP contribution in [0.4, 0.5) is 0 Å². The van der Waals surface area contributed by atoms with E-state index >= 15 is 0 Å². The van der Waals surface area contributed by atoms with E-state index in [1.165, 1.54) is 0 Å². The Balaban J connectivity index is 4.09. The van der Waals surface area contributed by atoms with Crippen molar-refractivity contribution in [2.24, 2.45) is 0 Å². The minimum atomic E-state index is -3.24. The van der Waals surface area contributed by atoms with Crippen molar-refractivity contribution in [1.29, 1.82) is 0 Å². The number of sulfonamides is 1. The predicted octanol–water partition coefficient (Wildman–Crippen LogP) is 0.713. The lowest BCUT2D eigenvalue weighted by atomic mass is 10.6. The topological polar surface area (TPSA) is 64.6 Å². The van der Waals surface area contributed by atoms with Gasteiger partial charge in [0.05, 0.1) is 11.8 Å². The molecule has 1 N–H and O–H groups in total. The van der Waals surface area contributed by atoms with Crippen molar-refractivity contribution in [3.63, 3.8) is 0 Å². The molecule has 15 heavy (non-hydrogen) atoms. The molecule has 0 spiro atoms. The second kappa shape index (κ2) is 7.16. The molecule has 0 aromatic carbocycles. The third-order valence-corrected chi connectivity index (χ3v) is 3.59. The summed E-state index contributed by atoms with van der Waals surface area (Å²) in [6.07, 6.45) is -0.506. The van der Waals surface area contributed by atoms with Gasteiger partial charge in [-0.15, -0.1) is 0 Å². The molecule has 92 valence electrons. The van der Waals surface area contributed by atoms with E-state index in [1.807, 2.05) is 13.8 Å². The molecule has 0 bridgehead atoms. The Labute approximate surface area is 92.2 Å². The zero-order valence-electron chi connectivity index (χ0n) is 9.82. The number of hydrogen-bond acceptors (Lipinski definition) is 4. The first-order chi connectivity index (χ1) is 6.94. The Morgan fingerprint density at radius 3 is 1.93 bits per heavy atom. The molecule has 0 saturated carbocycles. The molecular formula is C9H21NO4S. The van der Waals surface area contributed by atoms with Crippen LogP contribution in [0.15, 0.2) is 0 Å². The highest BCUT2D eigenvalue weighted by atomic mass is 32.2. The first-order valence-corrected chi connectivity index (χ1v) is 6.70. The average Bonchev–Trinajstić information content (AvgIpc) is 2.15. The van der Waals surface area contributed by atoms with Crippen molar-refractivity contribution in [3.8, 4) is 0 Å². The molecule has 6 heteroatoms. The zero-order chi connectivity index (χ0) is 11.9. The quantitative estimate of drug-likeness (QED) is 0.634. The molecule has 0 atom stereocenters. The highest BCUT2D eigenvalue weighted by Gasteiger charge is 2.18.